The SMILES string of the molecule is CCOC(=O)Cc1ccccc1OCc1coc2c1cc(-c1cccc(CN)c1)c1occc12. The topological polar surface area (TPSA) is 87.8 Å². The summed E-state index contributed by atoms with van der Waals surface area (Å²) >= 11 is 0. The fraction of sp³-hybridized carbons (Fsp3) is 0.179. The van der Waals surface area contributed by atoms with Crippen molar-refractivity contribution >= 4 is 27.9 Å². The fourth-order valence-corrected chi connectivity index (χ4v) is 4.18. The van der Waals surface area contributed by atoms with E-state index >= 15 is 0 Å². The molecule has 2 heterocycles. The second-order valence-electron chi connectivity index (χ2n) is 8.01. The molecule has 0 saturated heterocycles. The number of fused-ring (bicyclic) bond motifs is 3. The van der Waals surface area contributed by atoms with Gasteiger partial charge in [-0.1, -0.05) is 36.4 Å². The van der Waals surface area contributed by atoms with Crippen LogP contribution in [0.5, 0.6) is 5.75 Å². The van der Waals surface area contributed by atoms with Crippen LogP contribution >= 0.6 is 0 Å². The Balaban J connectivity index is 1.50. The van der Waals surface area contributed by atoms with E-state index < -0.39 is 0 Å². The molecular formula is C28H25NO5. The summed E-state index contributed by atoms with van der Waals surface area (Å²) in [6.07, 6.45) is 3.54. The monoisotopic (exact) mass is 455 g/mol. The van der Waals surface area contributed by atoms with Crippen LogP contribution < -0.4 is 10.5 Å². The van der Waals surface area contributed by atoms with Crippen LogP contribution in [0.25, 0.3) is 33.1 Å². The van der Waals surface area contributed by atoms with Gasteiger partial charge in [-0.3, -0.25) is 4.79 Å². The highest BCUT2D eigenvalue weighted by Gasteiger charge is 2.18. The maximum atomic E-state index is 12.0. The highest BCUT2D eigenvalue weighted by atomic mass is 16.5. The summed E-state index contributed by atoms with van der Waals surface area (Å²) < 4.78 is 23.0. The molecule has 5 rings (SSSR count). The number of rotatable bonds is 8. The Kier molecular flexibility index (Phi) is 6.06. The first-order chi connectivity index (χ1) is 16.7. The maximum absolute atomic E-state index is 12.0. The van der Waals surface area contributed by atoms with E-state index in [0.717, 1.165) is 49.8 Å². The molecule has 0 bridgehead atoms. The van der Waals surface area contributed by atoms with Gasteiger partial charge in [-0.15, -0.1) is 0 Å². The summed E-state index contributed by atoms with van der Waals surface area (Å²) in [6.45, 7) is 2.90. The van der Waals surface area contributed by atoms with Crippen LogP contribution in [0.4, 0.5) is 0 Å². The Labute approximate surface area is 196 Å². The van der Waals surface area contributed by atoms with Gasteiger partial charge in [0.15, 0.2) is 0 Å². The molecule has 172 valence electrons. The van der Waals surface area contributed by atoms with E-state index in [0.29, 0.717) is 25.5 Å². The molecule has 34 heavy (non-hydrogen) atoms. The van der Waals surface area contributed by atoms with Crippen LogP contribution in [-0.2, 0) is 29.1 Å². The van der Waals surface area contributed by atoms with Crippen molar-refractivity contribution in [1.29, 1.82) is 0 Å². The third-order valence-corrected chi connectivity index (χ3v) is 5.82. The minimum Gasteiger partial charge on any atom is -0.488 e. The molecule has 0 fully saturated rings. The van der Waals surface area contributed by atoms with Crippen LogP contribution in [0.1, 0.15) is 23.6 Å². The lowest BCUT2D eigenvalue weighted by molar-refractivity contribution is -0.142. The third kappa shape index (κ3) is 4.16. The molecular weight excluding hydrogens is 430 g/mol. The van der Waals surface area contributed by atoms with E-state index in [2.05, 4.69) is 12.1 Å². The zero-order valence-electron chi connectivity index (χ0n) is 18.9. The summed E-state index contributed by atoms with van der Waals surface area (Å²) in [5, 5.41) is 1.85. The fourth-order valence-electron chi connectivity index (χ4n) is 4.18. The van der Waals surface area contributed by atoms with Crippen molar-refractivity contribution in [3.63, 3.8) is 0 Å². The largest absolute Gasteiger partial charge is 0.488 e. The van der Waals surface area contributed by atoms with E-state index in [1.165, 1.54) is 0 Å². The summed E-state index contributed by atoms with van der Waals surface area (Å²) in [5.74, 6) is 0.365. The van der Waals surface area contributed by atoms with Gasteiger partial charge >= 0.3 is 5.97 Å². The number of ether oxygens (including phenoxy) is 2. The van der Waals surface area contributed by atoms with Crippen LogP contribution in [0, 0.1) is 0 Å². The predicted molar refractivity (Wildman–Crippen MR) is 130 cm³/mol. The molecule has 0 amide bonds. The third-order valence-electron chi connectivity index (χ3n) is 5.82. The van der Waals surface area contributed by atoms with Crippen molar-refractivity contribution in [2.45, 2.75) is 26.5 Å². The molecule has 6 heteroatoms. The Morgan fingerprint density at radius 3 is 2.68 bits per heavy atom. The molecule has 2 aromatic heterocycles. The average molecular weight is 456 g/mol. The van der Waals surface area contributed by atoms with Crippen molar-refractivity contribution in [2.24, 2.45) is 5.73 Å². The summed E-state index contributed by atoms with van der Waals surface area (Å²) in [5.41, 5.74) is 12.1. The number of esters is 1. The molecule has 0 saturated carbocycles. The number of carbonyl (C=O) groups is 1. The highest BCUT2D eigenvalue weighted by molar-refractivity contribution is 6.10. The van der Waals surface area contributed by atoms with Crippen molar-refractivity contribution in [3.05, 3.63) is 89.9 Å². The normalized spacial score (nSPS) is 11.2. The van der Waals surface area contributed by atoms with E-state index in [9.17, 15) is 4.79 Å². The molecule has 0 unspecified atom stereocenters. The van der Waals surface area contributed by atoms with Gasteiger partial charge in [0.2, 0.25) is 0 Å². The Hall–Kier alpha value is -4.03. The number of nitrogens with two attached hydrogens (primary N) is 1. The van der Waals surface area contributed by atoms with Crippen molar-refractivity contribution in [2.75, 3.05) is 6.61 Å². The maximum Gasteiger partial charge on any atom is 0.310 e. The zero-order chi connectivity index (χ0) is 23.5. The van der Waals surface area contributed by atoms with Gasteiger partial charge < -0.3 is 24.0 Å². The van der Waals surface area contributed by atoms with Gasteiger partial charge in [-0.2, -0.15) is 0 Å². The van der Waals surface area contributed by atoms with Gasteiger partial charge in [-0.05, 0) is 42.3 Å². The minimum atomic E-state index is -0.279. The van der Waals surface area contributed by atoms with E-state index in [-0.39, 0.29) is 12.4 Å². The molecule has 0 radical (unpaired) electrons. The molecule has 0 aliphatic carbocycles. The number of carbonyl (C=O) groups excluding carboxylic acids is 1. The van der Waals surface area contributed by atoms with Crippen LogP contribution in [0.15, 0.2) is 82.0 Å². The van der Waals surface area contributed by atoms with E-state index in [4.69, 9.17) is 24.0 Å². The van der Waals surface area contributed by atoms with Gasteiger partial charge in [0.25, 0.3) is 0 Å². The predicted octanol–water partition coefficient (Wildman–Crippen LogP) is 5.99. The molecule has 0 aliphatic rings. The van der Waals surface area contributed by atoms with Crippen molar-refractivity contribution < 1.29 is 23.1 Å². The lowest BCUT2D eigenvalue weighted by Gasteiger charge is -2.11. The Morgan fingerprint density at radius 1 is 0.941 bits per heavy atom. The number of hydrogen-bond acceptors (Lipinski definition) is 6. The lowest BCUT2D eigenvalue weighted by Crippen LogP contribution is -2.09. The smallest absolute Gasteiger partial charge is 0.310 e. The molecule has 5 aromatic rings. The molecule has 3 aromatic carbocycles. The molecule has 6 nitrogen and oxygen atoms in total. The first-order valence-corrected chi connectivity index (χ1v) is 11.2. The second kappa shape index (κ2) is 9.45. The quantitative estimate of drug-likeness (QED) is 0.289. The van der Waals surface area contributed by atoms with Crippen LogP contribution in [0.2, 0.25) is 0 Å². The summed E-state index contributed by atoms with van der Waals surface area (Å²) in [4.78, 5) is 12.0. The standard InChI is InChI=1S/C28H25NO5/c1-2-31-26(30)13-20-7-3-4-9-25(20)33-16-21-17-34-28-22-10-11-32-27(22)23(14-24(21)28)19-8-5-6-18(12-19)15-29/h3-12,14,17H,2,13,15-16,29H2,1H3. The Morgan fingerprint density at radius 2 is 1.82 bits per heavy atom. The van der Waals surface area contributed by atoms with Crippen LogP contribution in [-0.4, -0.2) is 12.6 Å². The number of furan rings is 2. The van der Waals surface area contributed by atoms with Crippen LogP contribution in [0.3, 0.4) is 0 Å². The van der Waals surface area contributed by atoms with Gasteiger partial charge in [-0.25, -0.2) is 0 Å². The molecule has 0 atom stereocenters. The number of hydrogen-bond donors (Lipinski definition) is 1. The van der Waals surface area contributed by atoms with E-state index in [1.807, 2.05) is 48.5 Å². The first kappa shape index (κ1) is 21.8. The molecule has 2 N–H and O–H groups in total. The average Bonchev–Trinajstić information content (AvgIpc) is 3.50. The minimum absolute atomic E-state index is 0.160. The van der Waals surface area contributed by atoms with E-state index in [1.54, 1.807) is 19.5 Å². The van der Waals surface area contributed by atoms with Gasteiger partial charge in [0.1, 0.15) is 23.5 Å². The lowest BCUT2D eigenvalue weighted by atomic mass is 9.98. The summed E-state index contributed by atoms with van der Waals surface area (Å²) in [6, 6.07) is 19.6. The van der Waals surface area contributed by atoms with Gasteiger partial charge in [0, 0.05) is 28.6 Å². The number of benzene rings is 3. The van der Waals surface area contributed by atoms with Crippen molar-refractivity contribution in [3.8, 4) is 16.9 Å². The molecule has 0 spiro atoms. The zero-order valence-corrected chi connectivity index (χ0v) is 18.9. The second-order valence-corrected chi connectivity index (χ2v) is 8.01. The Bertz CT molecular complexity index is 1460. The molecule has 0 aliphatic heterocycles. The summed E-state index contributed by atoms with van der Waals surface area (Å²) in [7, 11) is 0. The number of para-hydroxylation sites is 1. The van der Waals surface area contributed by atoms with Crippen molar-refractivity contribution in [1.82, 2.24) is 0 Å². The highest BCUT2D eigenvalue weighted by Crippen LogP contribution is 2.38. The van der Waals surface area contributed by atoms with Gasteiger partial charge in [0.05, 0.1) is 30.9 Å². The first-order valence-electron chi connectivity index (χ1n) is 11.2.